The first-order valence-electron chi connectivity index (χ1n) is 7.10. The van der Waals surface area contributed by atoms with Gasteiger partial charge in [0.15, 0.2) is 0 Å². The van der Waals surface area contributed by atoms with Crippen molar-refractivity contribution < 1.29 is 4.39 Å². The molecule has 4 rings (SSSR count). The molecule has 0 N–H and O–H groups in total. The molecule has 106 valence electrons. The molecule has 2 aromatic heterocycles. The summed E-state index contributed by atoms with van der Waals surface area (Å²) in [5.41, 5.74) is 4.11. The maximum Gasteiger partial charge on any atom is 0.123 e. The van der Waals surface area contributed by atoms with E-state index in [1.54, 1.807) is 18.3 Å². The number of aromatic nitrogens is 2. The van der Waals surface area contributed by atoms with Crippen LogP contribution in [0, 0.1) is 5.82 Å². The summed E-state index contributed by atoms with van der Waals surface area (Å²) >= 11 is 0. The molecule has 0 amide bonds. The molecule has 0 aliphatic heterocycles. The minimum Gasteiger partial charge on any atom is -0.308 e. The quantitative estimate of drug-likeness (QED) is 0.516. The number of halogens is 1. The first kappa shape index (κ1) is 12.8. The number of benzene rings is 2. The lowest BCUT2D eigenvalue weighted by atomic mass is 10.1. The van der Waals surface area contributed by atoms with Gasteiger partial charge in [-0.2, -0.15) is 0 Å². The number of fused-ring (bicyclic) bond motifs is 1. The highest BCUT2D eigenvalue weighted by atomic mass is 19.1. The molecule has 0 saturated carbocycles. The Hall–Kier alpha value is -2.94. The molecule has 3 heteroatoms. The third kappa shape index (κ3) is 2.07. The van der Waals surface area contributed by atoms with E-state index >= 15 is 0 Å². The zero-order valence-electron chi connectivity index (χ0n) is 11.8. The largest absolute Gasteiger partial charge is 0.308 e. The van der Waals surface area contributed by atoms with Crippen LogP contribution in [0.3, 0.4) is 0 Å². The molecule has 0 radical (unpaired) electrons. The maximum atomic E-state index is 13.2. The van der Waals surface area contributed by atoms with Crippen LogP contribution in [-0.2, 0) is 0 Å². The second-order valence-electron chi connectivity index (χ2n) is 5.14. The summed E-state index contributed by atoms with van der Waals surface area (Å²) in [5, 5.41) is 1.11. The molecule has 2 nitrogen and oxygen atoms in total. The first-order valence-corrected chi connectivity index (χ1v) is 7.10. The van der Waals surface area contributed by atoms with Crippen molar-refractivity contribution in [1.29, 1.82) is 0 Å². The van der Waals surface area contributed by atoms with Crippen molar-refractivity contribution in [2.45, 2.75) is 0 Å². The molecule has 0 bridgehead atoms. The van der Waals surface area contributed by atoms with Crippen molar-refractivity contribution in [2.75, 3.05) is 0 Å². The molecule has 0 aliphatic carbocycles. The van der Waals surface area contributed by atoms with Crippen LogP contribution < -0.4 is 0 Å². The second kappa shape index (κ2) is 5.11. The first-order chi connectivity index (χ1) is 10.8. The van der Waals surface area contributed by atoms with Gasteiger partial charge >= 0.3 is 0 Å². The smallest absolute Gasteiger partial charge is 0.123 e. The van der Waals surface area contributed by atoms with E-state index in [1.165, 1.54) is 12.1 Å². The average molecular weight is 288 g/mol. The number of pyridine rings is 1. The SMILES string of the molecule is Fc1ccc(-n2c(-c3ccccc3)cc3ccncc32)cc1. The molecule has 2 aromatic carbocycles. The predicted molar refractivity (Wildman–Crippen MR) is 86.5 cm³/mol. The topological polar surface area (TPSA) is 17.8 Å². The van der Waals surface area contributed by atoms with E-state index in [1.807, 2.05) is 30.5 Å². The highest BCUT2D eigenvalue weighted by Crippen LogP contribution is 2.31. The molecule has 0 unspecified atom stereocenters. The minimum atomic E-state index is -0.236. The molecule has 0 spiro atoms. The Bertz CT molecular complexity index is 925. The molecule has 0 saturated heterocycles. The van der Waals surface area contributed by atoms with Gasteiger partial charge in [0.05, 0.1) is 17.4 Å². The molecule has 2 heterocycles. The molecular formula is C19H13FN2. The normalized spacial score (nSPS) is 11.0. The molecule has 0 aliphatic rings. The Morgan fingerprint density at radius 1 is 0.864 bits per heavy atom. The number of rotatable bonds is 2. The van der Waals surface area contributed by atoms with Gasteiger partial charge in [-0.05, 0) is 42.0 Å². The van der Waals surface area contributed by atoms with E-state index in [-0.39, 0.29) is 5.82 Å². The van der Waals surface area contributed by atoms with Gasteiger partial charge < -0.3 is 4.57 Å². The third-order valence-corrected chi connectivity index (χ3v) is 3.76. The zero-order chi connectivity index (χ0) is 14.9. The van der Waals surface area contributed by atoms with Crippen LogP contribution in [-0.4, -0.2) is 9.55 Å². The van der Waals surface area contributed by atoms with Gasteiger partial charge in [0.25, 0.3) is 0 Å². The molecule has 0 atom stereocenters. The van der Waals surface area contributed by atoms with E-state index in [0.717, 1.165) is 27.8 Å². The van der Waals surface area contributed by atoms with E-state index in [4.69, 9.17) is 0 Å². The highest BCUT2D eigenvalue weighted by Gasteiger charge is 2.12. The Morgan fingerprint density at radius 2 is 1.64 bits per heavy atom. The summed E-state index contributed by atoms with van der Waals surface area (Å²) in [6, 6.07) is 20.8. The summed E-state index contributed by atoms with van der Waals surface area (Å²) in [5.74, 6) is -0.236. The number of hydrogen-bond acceptors (Lipinski definition) is 1. The Morgan fingerprint density at radius 3 is 2.41 bits per heavy atom. The maximum absolute atomic E-state index is 13.2. The molecule has 0 fully saturated rings. The minimum absolute atomic E-state index is 0.236. The van der Waals surface area contributed by atoms with E-state index in [9.17, 15) is 4.39 Å². The van der Waals surface area contributed by atoms with Crippen LogP contribution in [0.4, 0.5) is 4.39 Å². The predicted octanol–water partition coefficient (Wildman–Crippen LogP) is 4.83. The zero-order valence-corrected chi connectivity index (χ0v) is 11.8. The monoisotopic (exact) mass is 288 g/mol. The van der Waals surface area contributed by atoms with Crippen molar-refractivity contribution >= 4 is 10.9 Å². The van der Waals surface area contributed by atoms with Gasteiger partial charge in [0.2, 0.25) is 0 Å². The van der Waals surface area contributed by atoms with Crippen molar-refractivity contribution in [2.24, 2.45) is 0 Å². The van der Waals surface area contributed by atoms with Crippen molar-refractivity contribution in [3.63, 3.8) is 0 Å². The van der Waals surface area contributed by atoms with Crippen LogP contribution in [0.15, 0.2) is 79.1 Å². The Kier molecular flexibility index (Phi) is 2.97. The molecular weight excluding hydrogens is 275 g/mol. The van der Waals surface area contributed by atoms with Crippen LogP contribution in [0.2, 0.25) is 0 Å². The van der Waals surface area contributed by atoms with Crippen LogP contribution in [0.1, 0.15) is 0 Å². The van der Waals surface area contributed by atoms with E-state index in [0.29, 0.717) is 0 Å². The fraction of sp³-hybridized carbons (Fsp3) is 0. The third-order valence-electron chi connectivity index (χ3n) is 3.76. The van der Waals surface area contributed by atoms with E-state index in [2.05, 4.69) is 27.8 Å². The lowest BCUT2D eigenvalue weighted by molar-refractivity contribution is 0.627. The second-order valence-corrected chi connectivity index (χ2v) is 5.14. The summed E-state index contributed by atoms with van der Waals surface area (Å²) in [7, 11) is 0. The average Bonchev–Trinajstić information content (AvgIpc) is 2.96. The van der Waals surface area contributed by atoms with Crippen molar-refractivity contribution in [1.82, 2.24) is 9.55 Å². The molecule has 4 aromatic rings. The van der Waals surface area contributed by atoms with Gasteiger partial charge in [-0.3, -0.25) is 4.98 Å². The van der Waals surface area contributed by atoms with Gasteiger partial charge in [-0.1, -0.05) is 30.3 Å². The van der Waals surface area contributed by atoms with Gasteiger partial charge in [0.1, 0.15) is 5.82 Å². The summed E-state index contributed by atoms with van der Waals surface area (Å²) in [6.07, 6.45) is 3.62. The van der Waals surface area contributed by atoms with Gasteiger partial charge in [0, 0.05) is 17.3 Å². The summed E-state index contributed by atoms with van der Waals surface area (Å²) in [6.45, 7) is 0. The van der Waals surface area contributed by atoms with Crippen LogP contribution in [0.25, 0.3) is 27.8 Å². The summed E-state index contributed by atoms with van der Waals surface area (Å²) < 4.78 is 15.4. The number of nitrogens with zero attached hydrogens (tertiary/aromatic N) is 2. The fourth-order valence-corrected chi connectivity index (χ4v) is 2.74. The molecule has 22 heavy (non-hydrogen) atoms. The lowest BCUT2D eigenvalue weighted by Gasteiger charge is -2.11. The summed E-state index contributed by atoms with van der Waals surface area (Å²) in [4.78, 5) is 4.23. The Labute approximate surface area is 127 Å². The fourth-order valence-electron chi connectivity index (χ4n) is 2.74. The standard InChI is InChI=1S/C19H13FN2/c20-16-6-8-17(9-7-16)22-18(14-4-2-1-3-5-14)12-15-10-11-21-13-19(15)22/h1-13H. The van der Waals surface area contributed by atoms with Crippen LogP contribution >= 0.6 is 0 Å². The van der Waals surface area contributed by atoms with Gasteiger partial charge in [-0.25, -0.2) is 4.39 Å². The van der Waals surface area contributed by atoms with Crippen LogP contribution in [0.5, 0.6) is 0 Å². The highest BCUT2D eigenvalue weighted by molar-refractivity contribution is 5.88. The lowest BCUT2D eigenvalue weighted by Crippen LogP contribution is -1.97. The Balaban J connectivity index is 2.04. The number of hydrogen-bond donors (Lipinski definition) is 0. The van der Waals surface area contributed by atoms with Crippen molar-refractivity contribution in [3.8, 4) is 16.9 Å². The van der Waals surface area contributed by atoms with E-state index < -0.39 is 0 Å². The van der Waals surface area contributed by atoms with Gasteiger partial charge in [-0.15, -0.1) is 0 Å². The van der Waals surface area contributed by atoms with Crippen molar-refractivity contribution in [3.05, 3.63) is 84.9 Å².